The van der Waals surface area contributed by atoms with Gasteiger partial charge >= 0.3 is 0 Å². The average molecular weight is 659 g/mol. The van der Waals surface area contributed by atoms with Crippen molar-refractivity contribution >= 4 is 22.2 Å². The number of rotatable bonds is 22. The summed E-state index contributed by atoms with van der Waals surface area (Å²) in [6.45, 7) is 36.3. The summed E-state index contributed by atoms with van der Waals surface area (Å²) in [5.41, 5.74) is 3.43. The summed E-state index contributed by atoms with van der Waals surface area (Å²) in [6, 6.07) is 1.13. The minimum Gasteiger partial charge on any atom is -0.413 e. The van der Waals surface area contributed by atoms with Gasteiger partial charge in [-0.3, -0.25) is 4.79 Å². The number of hydrogen-bond acceptors (Lipinski definition) is 4. The highest BCUT2D eigenvalue weighted by molar-refractivity contribution is 6.76. The summed E-state index contributed by atoms with van der Waals surface area (Å²) >= 11 is 0. The molecule has 0 unspecified atom stereocenters. The largest absolute Gasteiger partial charge is 0.413 e. The zero-order valence-electron chi connectivity index (χ0n) is 31.7. The standard InChI is InChI=1S/C39H70O4Si2/c1-16-34(6)37(43-45(14,15)39(8,9)10)24-19-17-18-21-33(5)29-38(42-30-41-25-26-44(11,12)13)35(7)28-32(4)22-20-23-36(40)27-31(2)3/h16-18,20-22,27-28,34-35,37-38H,1,19,23-26,29-30H2,2-15H3/b18-17+,22-20+,32-28+,33-21+/t34-,35-,37-,38-/m1/s1. The average Bonchev–Trinajstić information content (AvgIpc) is 2.89. The van der Waals surface area contributed by atoms with Gasteiger partial charge in [-0.25, -0.2) is 0 Å². The molecule has 0 bridgehead atoms. The first kappa shape index (κ1) is 43.4. The predicted octanol–water partition coefficient (Wildman–Crippen LogP) is 11.6. The van der Waals surface area contributed by atoms with E-state index in [1.165, 1.54) is 5.57 Å². The fourth-order valence-corrected chi connectivity index (χ4v) is 6.60. The van der Waals surface area contributed by atoms with Crippen LogP contribution in [0.25, 0.3) is 0 Å². The number of allylic oxidation sites excluding steroid dienone is 8. The van der Waals surface area contributed by atoms with Gasteiger partial charge < -0.3 is 13.9 Å². The lowest BCUT2D eigenvalue weighted by Crippen LogP contribution is -2.45. The maximum Gasteiger partial charge on any atom is 0.192 e. The van der Waals surface area contributed by atoms with Crippen LogP contribution in [0.3, 0.4) is 0 Å². The van der Waals surface area contributed by atoms with Crippen molar-refractivity contribution in [3.63, 3.8) is 0 Å². The Balaban J connectivity index is 5.45. The molecule has 0 spiro atoms. The zero-order valence-corrected chi connectivity index (χ0v) is 33.7. The summed E-state index contributed by atoms with van der Waals surface area (Å²) in [5, 5.41) is 0.186. The lowest BCUT2D eigenvalue weighted by Gasteiger charge is -2.40. The first-order valence-electron chi connectivity index (χ1n) is 17.0. The molecule has 6 heteroatoms. The van der Waals surface area contributed by atoms with Crippen molar-refractivity contribution in [2.75, 3.05) is 13.4 Å². The molecular weight excluding hydrogens is 589 g/mol. The lowest BCUT2D eigenvalue weighted by molar-refractivity contribution is -0.113. The van der Waals surface area contributed by atoms with Gasteiger partial charge in [-0.15, -0.1) is 6.58 Å². The van der Waals surface area contributed by atoms with E-state index in [9.17, 15) is 4.79 Å². The molecule has 0 fully saturated rings. The molecule has 0 aromatic heterocycles. The van der Waals surface area contributed by atoms with Crippen LogP contribution in [-0.4, -0.2) is 47.8 Å². The molecule has 0 saturated carbocycles. The lowest BCUT2D eigenvalue weighted by atomic mass is 9.95. The van der Waals surface area contributed by atoms with Gasteiger partial charge in [0.05, 0.1) is 12.2 Å². The smallest absolute Gasteiger partial charge is 0.192 e. The first-order valence-corrected chi connectivity index (χ1v) is 23.6. The second-order valence-electron chi connectivity index (χ2n) is 15.8. The Hall–Kier alpha value is -1.58. The summed E-state index contributed by atoms with van der Waals surface area (Å²) in [5.74, 6) is 0.637. The fraction of sp³-hybridized carbons (Fsp3) is 0.667. The van der Waals surface area contributed by atoms with E-state index < -0.39 is 16.4 Å². The van der Waals surface area contributed by atoms with Gasteiger partial charge in [0.1, 0.15) is 6.79 Å². The van der Waals surface area contributed by atoms with Crippen molar-refractivity contribution in [3.8, 4) is 0 Å². The van der Waals surface area contributed by atoms with E-state index >= 15 is 0 Å². The Morgan fingerprint density at radius 2 is 1.58 bits per heavy atom. The van der Waals surface area contributed by atoms with Gasteiger partial charge in [-0.1, -0.05) is 114 Å². The predicted molar refractivity (Wildman–Crippen MR) is 203 cm³/mol. The summed E-state index contributed by atoms with van der Waals surface area (Å²) in [7, 11) is -3.00. The van der Waals surface area contributed by atoms with Crippen LogP contribution < -0.4 is 0 Å². The number of ketones is 1. The molecule has 0 N–H and O–H groups in total. The van der Waals surface area contributed by atoms with Crippen LogP contribution >= 0.6 is 0 Å². The van der Waals surface area contributed by atoms with Crippen molar-refractivity contribution in [3.05, 3.63) is 71.9 Å². The highest BCUT2D eigenvalue weighted by atomic mass is 28.4. The minimum absolute atomic E-state index is 0.00648. The summed E-state index contributed by atoms with van der Waals surface area (Å²) < 4.78 is 19.0. The Morgan fingerprint density at radius 3 is 2.13 bits per heavy atom. The molecular formula is C39H70O4Si2. The van der Waals surface area contributed by atoms with Crippen molar-refractivity contribution in [2.45, 2.75) is 144 Å². The highest BCUT2D eigenvalue weighted by Gasteiger charge is 2.39. The number of hydrogen-bond donors (Lipinski definition) is 0. The van der Waals surface area contributed by atoms with Gasteiger partial charge in [0.15, 0.2) is 14.1 Å². The number of carbonyl (C=O) groups excluding carboxylic acids is 1. The Kier molecular flexibility index (Phi) is 20.6. The van der Waals surface area contributed by atoms with Crippen molar-refractivity contribution in [1.29, 1.82) is 0 Å². The molecule has 0 aliphatic heterocycles. The molecule has 0 radical (unpaired) electrons. The molecule has 0 amide bonds. The molecule has 45 heavy (non-hydrogen) atoms. The normalized spacial score (nSPS) is 16.6. The second kappa shape index (κ2) is 21.3. The zero-order chi connectivity index (χ0) is 34.8. The Morgan fingerprint density at radius 1 is 0.933 bits per heavy atom. The van der Waals surface area contributed by atoms with Gasteiger partial charge in [-0.2, -0.15) is 0 Å². The van der Waals surface area contributed by atoms with Crippen LogP contribution in [-0.2, 0) is 18.7 Å². The molecule has 0 aliphatic rings. The fourth-order valence-electron chi connectivity index (χ4n) is 4.40. The van der Waals surface area contributed by atoms with E-state index in [1.54, 1.807) is 6.08 Å². The molecule has 4 nitrogen and oxygen atoms in total. The highest BCUT2D eigenvalue weighted by Crippen LogP contribution is 2.38. The SMILES string of the molecule is C=C[C@@H](C)[C@@H](CC/C=C/C=C(\C)C[C@@H](OCOCC[Si](C)(C)C)[C@H](C)/C=C(C)/C=C/CC(=O)C=C(C)C)O[Si](C)(C)C(C)(C)C. The summed E-state index contributed by atoms with van der Waals surface area (Å²) in [6.07, 6.45) is 20.0. The molecule has 0 aliphatic carbocycles. The third-order valence-electron chi connectivity index (χ3n) is 8.49. The number of ether oxygens (including phenoxy) is 2. The Labute approximate surface area is 281 Å². The monoisotopic (exact) mass is 658 g/mol. The topological polar surface area (TPSA) is 44.8 Å². The van der Waals surface area contributed by atoms with Crippen molar-refractivity contribution in [1.82, 2.24) is 0 Å². The van der Waals surface area contributed by atoms with Gasteiger partial charge in [0.2, 0.25) is 0 Å². The van der Waals surface area contributed by atoms with E-state index in [1.807, 2.05) is 32.1 Å². The van der Waals surface area contributed by atoms with Crippen LogP contribution in [0.1, 0.15) is 88.0 Å². The van der Waals surface area contributed by atoms with Gasteiger partial charge in [-0.05, 0) is 83.1 Å². The van der Waals surface area contributed by atoms with Crippen LogP contribution in [0.4, 0.5) is 0 Å². The maximum absolute atomic E-state index is 12.0. The Bertz CT molecular complexity index is 1030. The van der Waals surface area contributed by atoms with Crippen LogP contribution in [0.5, 0.6) is 0 Å². The molecule has 0 aromatic rings. The van der Waals surface area contributed by atoms with Gasteiger partial charge in [0, 0.05) is 27.0 Å². The van der Waals surface area contributed by atoms with Gasteiger partial charge in [0.25, 0.3) is 0 Å². The quantitative estimate of drug-likeness (QED) is 0.0290. The van der Waals surface area contributed by atoms with E-state index in [0.29, 0.717) is 19.1 Å². The van der Waals surface area contributed by atoms with E-state index in [0.717, 1.165) is 43.1 Å². The summed E-state index contributed by atoms with van der Waals surface area (Å²) in [4.78, 5) is 12.0. The minimum atomic E-state index is -1.85. The van der Waals surface area contributed by atoms with Crippen molar-refractivity contribution < 1.29 is 18.7 Å². The van der Waals surface area contributed by atoms with Crippen molar-refractivity contribution in [2.24, 2.45) is 11.8 Å². The van der Waals surface area contributed by atoms with E-state index in [-0.39, 0.29) is 28.9 Å². The number of carbonyl (C=O) groups is 1. The molecule has 258 valence electrons. The third-order valence-corrected chi connectivity index (χ3v) is 14.7. The second-order valence-corrected chi connectivity index (χ2v) is 26.2. The molecule has 4 atom stereocenters. The molecule has 0 aromatic carbocycles. The van der Waals surface area contributed by atoms with E-state index in [4.69, 9.17) is 13.9 Å². The third kappa shape index (κ3) is 21.0. The first-order chi connectivity index (χ1) is 20.7. The molecule has 0 heterocycles. The van der Waals surface area contributed by atoms with Crippen LogP contribution in [0.15, 0.2) is 71.9 Å². The van der Waals surface area contributed by atoms with Crippen LogP contribution in [0, 0.1) is 11.8 Å². The molecule has 0 rings (SSSR count). The van der Waals surface area contributed by atoms with Crippen LogP contribution in [0.2, 0.25) is 43.8 Å². The van der Waals surface area contributed by atoms with E-state index in [2.05, 4.69) is 112 Å². The maximum atomic E-state index is 12.0. The molecule has 0 saturated heterocycles.